The zero-order chi connectivity index (χ0) is 14.2. The Bertz CT molecular complexity index is 556. The number of aryl methyl sites for hydroxylation is 1. The van der Waals surface area contributed by atoms with E-state index in [0.29, 0.717) is 13.1 Å². The van der Waals surface area contributed by atoms with Crippen LogP contribution in [-0.4, -0.2) is 23.0 Å². The highest BCUT2D eigenvalue weighted by Crippen LogP contribution is 2.09. The van der Waals surface area contributed by atoms with E-state index in [9.17, 15) is 0 Å². The average molecular weight is 417 g/mol. The molecule has 2 aromatic heterocycles. The number of guanidine groups is 1. The summed E-state index contributed by atoms with van der Waals surface area (Å²) < 4.78 is 0. The second-order valence-electron chi connectivity index (χ2n) is 4.19. The highest BCUT2D eigenvalue weighted by Gasteiger charge is 2.02. The molecule has 0 saturated carbocycles. The lowest BCUT2D eigenvalue weighted by molar-refractivity contribution is 0.783. The summed E-state index contributed by atoms with van der Waals surface area (Å²) >= 11 is 1.70. The smallest absolute Gasteiger partial charge is 0.191 e. The number of pyridine rings is 1. The van der Waals surface area contributed by atoms with Crippen LogP contribution in [0.25, 0.3) is 0 Å². The summed E-state index contributed by atoms with van der Waals surface area (Å²) in [5, 5.41) is 9.72. The third kappa shape index (κ3) is 5.96. The summed E-state index contributed by atoms with van der Waals surface area (Å²) in [6.45, 7) is 3.44. The first kappa shape index (κ1) is 17.8. The molecule has 2 rings (SSSR count). The van der Waals surface area contributed by atoms with Crippen LogP contribution in [0.4, 0.5) is 0 Å². The Morgan fingerprint density at radius 2 is 2.00 bits per heavy atom. The second-order valence-corrected chi connectivity index (χ2v) is 5.13. The van der Waals surface area contributed by atoms with Crippen molar-refractivity contribution in [2.75, 3.05) is 7.05 Å². The largest absolute Gasteiger partial charge is 0.351 e. The minimum absolute atomic E-state index is 0. The van der Waals surface area contributed by atoms with Gasteiger partial charge in [0.05, 0.1) is 29.5 Å². The van der Waals surface area contributed by atoms with Crippen LogP contribution in [0.5, 0.6) is 0 Å². The van der Waals surface area contributed by atoms with Crippen molar-refractivity contribution in [3.05, 3.63) is 46.2 Å². The average Bonchev–Trinajstić information content (AvgIpc) is 2.96. The maximum atomic E-state index is 4.51. The number of thiazole rings is 1. The van der Waals surface area contributed by atoms with E-state index < -0.39 is 0 Å². The Kier molecular flexibility index (Phi) is 8.21. The molecule has 0 atom stereocenters. The van der Waals surface area contributed by atoms with E-state index in [1.54, 1.807) is 24.6 Å². The molecule has 0 amide bonds. The van der Waals surface area contributed by atoms with E-state index in [4.69, 9.17) is 0 Å². The fourth-order valence-corrected chi connectivity index (χ4v) is 2.41. The standard InChI is InChI=1S/C14H19N5S.HI/c1-3-13-19-12(10-20-13)9-18-14(15-2)17-8-11-6-4-5-7-16-11;/h4-7,10H,3,8-9H2,1-2H3,(H2,15,17,18);1H. The summed E-state index contributed by atoms with van der Waals surface area (Å²) in [7, 11) is 1.76. The lowest BCUT2D eigenvalue weighted by atomic mass is 10.3. The monoisotopic (exact) mass is 417 g/mol. The van der Waals surface area contributed by atoms with Crippen LogP contribution in [0.2, 0.25) is 0 Å². The molecule has 0 saturated heterocycles. The molecule has 0 bridgehead atoms. The number of aliphatic imine (C=N–C) groups is 1. The molecule has 0 aliphatic heterocycles. The van der Waals surface area contributed by atoms with Gasteiger partial charge >= 0.3 is 0 Å². The summed E-state index contributed by atoms with van der Waals surface area (Å²) in [4.78, 5) is 13.0. The zero-order valence-corrected chi connectivity index (χ0v) is 15.3. The molecule has 2 heterocycles. The molecule has 0 aromatic carbocycles. The van der Waals surface area contributed by atoms with Crippen LogP contribution >= 0.6 is 35.3 Å². The maximum absolute atomic E-state index is 4.51. The number of aromatic nitrogens is 2. The number of nitrogens with one attached hydrogen (secondary N) is 2. The number of halogens is 1. The lowest BCUT2D eigenvalue weighted by Crippen LogP contribution is -2.36. The summed E-state index contributed by atoms with van der Waals surface area (Å²) in [6.07, 6.45) is 2.77. The fourth-order valence-electron chi connectivity index (χ4n) is 1.66. The molecule has 0 aliphatic carbocycles. The molecule has 0 unspecified atom stereocenters. The number of hydrogen-bond donors (Lipinski definition) is 2. The summed E-state index contributed by atoms with van der Waals surface area (Å²) in [5.74, 6) is 0.752. The molecule has 0 aliphatic rings. The van der Waals surface area contributed by atoms with Crippen molar-refractivity contribution in [2.45, 2.75) is 26.4 Å². The minimum Gasteiger partial charge on any atom is -0.351 e. The van der Waals surface area contributed by atoms with E-state index in [1.807, 2.05) is 18.2 Å². The predicted octanol–water partition coefficient (Wildman–Crippen LogP) is 2.58. The Morgan fingerprint density at radius 3 is 2.57 bits per heavy atom. The van der Waals surface area contributed by atoms with Crippen molar-refractivity contribution in [2.24, 2.45) is 4.99 Å². The van der Waals surface area contributed by atoms with Gasteiger partial charge in [-0.1, -0.05) is 13.0 Å². The molecule has 21 heavy (non-hydrogen) atoms. The molecular formula is C14H20IN5S. The van der Waals surface area contributed by atoms with E-state index >= 15 is 0 Å². The first-order valence-corrected chi connectivity index (χ1v) is 7.47. The first-order valence-electron chi connectivity index (χ1n) is 6.59. The fraction of sp³-hybridized carbons (Fsp3) is 0.357. The van der Waals surface area contributed by atoms with Gasteiger partial charge in [0.15, 0.2) is 5.96 Å². The molecule has 7 heteroatoms. The lowest BCUT2D eigenvalue weighted by Gasteiger charge is -2.10. The van der Waals surface area contributed by atoms with Crippen LogP contribution in [-0.2, 0) is 19.5 Å². The molecule has 0 spiro atoms. The molecule has 2 aromatic rings. The van der Waals surface area contributed by atoms with Crippen LogP contribution in [0.15, 0.2) is 34.8 Å². The van der Waals surface area contributed by atoms with Gasteiger partial charge in [-0.2, -0.15) is 0 Å². The van der Waals surface area contributed by atoms with Crippen LogP contribution in [0.1, 0.15) is 23.3 Å². The van der Waals surface area contributed by atoms with E-state index in [0.717, 1.165) is 23.8 Å². The highest BCUT2D eigenvalue weighted by atomic mass is 127. The third-order valence-electron chi connectivity index (χ3n) is 2.73. The van der Waals surface area contributed by atoms with Gasteiger partial charge in [0.2, 0.25) is 0 Å². The molecule has 2 N–H and O–H groups in total. The van der Waals surface area contributed by atoms with E-state index in [1.165, 1.54) is 5.01 Å². The quantitative estimate of drug-likeness (QED) is 0.446. The topological polar surface area (TPSA) is 62.2 Å². The van der Waals surface area contributed by atoms with Gasteiger partial charge in [-0.25, -0.2) is 4.98 Å². The van der Waals surface area contributed by atoms with Crippen molar-refractivity contribution in [3.63, 3.8) is 0 Å². The van der Waals surface area contributed by atoms with Gasteiger partial charge in [-0.05, 0) is 18.6 Å². The maximum Gasteiger partial charge on any atom is 0.191 e. The van der Waals surface area contributed by atoms with Gasteiger partial charge in [0.25, 0.3) is 0 Å². The minimum atomic E-state index is 0. The van der Waals surface area contributed by atoms with E-state index in [2.05, 4.69) is 37.9 Å². The Labute approximate surface area is 146 Å². The molecule has 0 radical (unpaired) electrons. The van der Waals surface area contributed by atoms with Crippen molar-refractivity contribution < 1.29 is 0 Å². The molecule has 114 valence electrons. The first-order chi connectivity index (χ1) is 9.81. The highest BCUT2D eigenvalue weighted by molar-refractivity contribution is 14.0. The Balaban J connectivity index is 0.00000220. The molecule has 0 fully saturated rings. The van der Waals surface area contributed by atoms with Crippen molar-refractivity contribution in [3.8, 4) is 0 Å². The van der Waals surface area contributed by atoms with Crippen molar-refractivity contribution in [1.29, 1.82) is 0 Å². The van der Waals surface area contributed by atoms with Crippen LogP contribution in [0, 0.1) is 0 Å². The van der Waals surface area contributed by atoms with Gasteiger partial charge in [-0.3, -0.25) is 9.98 Å². The second kappa shape index (κ2) is 9.67. The summed E-state index contributed by atoms with van der Waals surface area (Å²) in [5.41, 5.74) is 2.03. The van der Waals surface area contributed by atoms with Crippen molar-refractivity contribution >= 4 is 41.3 Å². The predicted molar refractivity (Wildman–Crippen MR) is 98.2 cm³/mol. The molecular weight excluding hydrogens is 397 g/mol. The van der Waals surface area contributed by atoms with Gasteiger partial charge in [0, 0.05) is 18.6 Å². The third-order valence-corrected chi connectivity index (χ3v) is 3.77. The van der Waals surface area contributed by atoms with Crippen molar-refractivity contribution in [1.82, 2.24) is 20.6 Å². The summed E-state index contributed by atoms with van der Waals surface area (Å²) in [6, 6.07) is 5.86. The normalized spacial score (nSPS) is 10.9. The van der Waals surface area contributed by atoms with E-state index in [-0.39, 0.29) is 24.0 Å². The van der Waals surface area contributed by atoms with Crippen LogP contribution < -0.4 is 10.6 Å². The Hall–Kier alpha value is -1.22. The number of hydrogen-bond acceptors (Lipinski definition) is 4. The number of rotatable bonds is 5. The SMILES string of the molecule is CCc1nc(CNC(=NC)NCc2ccccn2)cs1.I. The van der Waals surface area contributed by atoms with Crippen LogP contribution in [0.3, 0.4) is 0 Å². The van der Waals surface area contributed by atoms with Gasteiger partial charge < -0.3 is 10.6 Å². The van der Waals surface area contributed by atoms with Gasteiger partial charge in [0.1, 0.15) is 0 Å². The zero-order valence-electron chi connectivity index (χ0n) is 12.2. The molecule has 5 nitrogen and oxygen atoms in total. The number of nitrogens with zero attached hydrogens (tertiary/aromatic N) is 3. The Morgan fingerprint density at radius 1 is 1.24 bits per heavy atom. The van der Waals surface area contributed by atoms with Gasteiger partial charge in [-0.15, -0.1) is 35.3 Å².